The Balaban J connectivity index is 0.000000301. The Labute approximate surface area is 256 Å². The summed E-state index contributed by atoms with van der Waals surface area (Å²) in [7, 11) is -5.72. The van der Waals surface area contributed by atoms with Gasteiger partial charge in [-0.1, -0.05) is 0 Å². The molecule has 3 heterocycles. The zero-order chi connectivity index (χ0) is 37.5. The predicted octanol–water partition coefficient (Wildman–Crippen LogP) is 4.45. The summed E-state index contributed by atoms with van der Waals surface area (Å²) < 4.78 is 247. The number of carbonyl (C=O) groups excluding carboxylic acids is 2. The van der Waals surface area contributed by atoms with Gasteiger partial charge in [-0.2, -0.15) is 83.1 Å². The highest BCUT2D eigenvalue weighted by atomic mass is 32.2. The average Bonchev–Trinajstić information content (AvgIpc) is 3.76. The molecule has 0 spiro atoms. The van der Waals surface area contributed by atoms with Gasteiger partial charge in [-0.15, -0.1) is 0 Å². The Morgan fingerprint density at radius 2 is 0.917 bits per heavy atom. The van der Waals surface area contributed by atoms with Gasteiger partial charge in [-0.25, -0.2) is 0 Å². The number of halogens is 17. The monoisotopic (exact) mass is 759 g/mol. The Bertz CT molecular complexity index is 1490. The van der Waals surface area contributed by atoms with E-state index in [1.165, 1.54) is 6.08 Å². The van der Waals surface area contributed by atoms with Crippen molar-refractivity contribution in [2.24, 2.45) is 0 Å². The van der Waals surface area contributed by atoms with Crippen LogP contribution in [-0.4, -0.2) is 132 Å². The predicted molar refractivity (Wildman–Crippen MR) is 122 cm³/mol. The van der Waals surface area contributed by atoms with E-state index in [0.29, 0.717) is 17.1 Å². The van der Waals surface area contributed by atoms with Crippen LogP contribution in [0.2, 0.25) is 0 Å². The number of hydrogen-bond acceptors (Lipinski definition) is 7. The van der Waals surface area contributed by atoms with Crippen LogP contribution < -0.4 is 0 Å². The van der Waals surface area contributed by atoms with E-state index in [1.807, 2.05) is 14.7 Å². The molecule has 26 heteroatoms. The van der Waals surface area contributed by atoms with Gasteiger partial charge < -0.3 is 14.7 Å². The third-order valence-corrected chi connectivity index (χ3v) is 7.67. The summed E-state index contributed by atoms with van der Waals surface area (Å²) in [6, 6.07) is 0. The largest absolute Gasteiger partial charge is 0.460 e. The standard InChI is InChI=1S/C12H13N3O2.C10H5F17O3S/c16-9-7-8(13-1-2-13)12(17)11(15-5-6-15)10(9)14-3-4-14;11-3(12,1-2-31(28,29)30)4(13,14)5(15,16)6(17,18)7(19,20)8(21,22)9(23,24)10(25,26)27/h7H,1-6H2;1-2H2,(H,28,29,30). The zero-order valence-corrected chi connectivity index (χ0v) is 23.8. The minimum atomic E-state index is -8.74. The average molecular weight is 759 g/mol. The van der Waals surface area contributed by atoms with E-state index in [-0.39, 0.29) is 11.6 Å². The lowest BCUT2D eigenvalue weighted by Crippen LogP contribution is -2.74. The van der Waals surface area contributed by atoms with Crippen LogP contribution in [0, 0.1) is 0 Å². The minimum Gasteiger partial charge on any atom is -0.365 e. The summed E-state index contributed by atoms with van der Waals surface area (Å²) >= 11 is 0. The van der Waals surface area contributed by atoms with E-state index in [0.717, 1.165) is 39.3 Å². The van der Waals surface area contributed by atoms with Crippen LogP contribution in [0.1, 0.15) is 6.42 Å². The summed E-state index contributed by atoms with van der Waals surface area (Å²) in [5.74, 6) is -60.2. The van der Waals surface area contributed by atoms with Crippen molar-refractivity contribution < 1.29 is 97.2 Å². The fraction of sp³-hybridized carbons (Fsp3) is 0.727. The molecule has 3 fully saturated rings. The second kappa shape index (κ2) is 11.5. The third kappa shape index (κ3) is 6.48. The lowest BCUT2D eigenvalue weighted by Gasteiger charge is -2.42. The molecule has 0 amide bonds. The number of allylic oxidation sites excluding steroid dienone is 1. The lowest BCUT2D eigenvalue weighted by molar-refractivity contribution is -0.461. The van der Waals surface area contributed by atoms with Crippen LogP contribution >= 0.6 is 0 Å². The van der Waals surface area contributed by atoms with Gasteiger partial charge in [0.05, 0.1) is 11.4 Å². The van der Waals surface area contributed by atoms with Crippen molar-refractivity contribution in [3.05, 3.63) is 23.2 Å². The first-order valence-electron chi connectivity index (χ1n) is 12.7. The number of Topliss-reactive ketones (excluding diaryl/α,β-unsaturated/α-hetero) is 1. The van der Waals surface area contributed by atoms with Crippen LogP contribution in [0.15, 0.2) is 23.2 Å². The molecule has 4 rings (SSSR count). The number of carbonyl (C=O) groups is 2. The zero-order valence-electron chi connectivity index (χ0n) is 23.0. The summed E-state index contributed by atoms with van der Waals surface area (Å²) in [4.78, 5) is 30.5. The van der Waals surface area contributed by atoms with E-state index in [4.69, 9.17) is 4.55 Å². The molecule has 1 aliphatic carbocycles. The molecule has 3 aliphatic heterocycles. The van der Waals surface area contributed by atoms with Gasteiger partial charge in [0, 0.05) is 51.8 Å². The van der Waals surface area contributed by atoms with Crippen LogP contribution in [0.3, 0.4) is 0 Å². The fourth-order valence-corrected chi connectivity index (χ4v) is 4.40. The van der Waals surface area contributed by atoms with Gasteiger partial charge in [0.2, 0.25) is 11.6 Å². The first-order chi connectivity index (χ1) is 21.2. The first kappa shape index (κ1) is 39.4. The van der Waals surface area contributed by atoms with E-state index >= 15 is 0 Å². The highest BCUT2D eigenvalue weighted by Crippen LogP contribution is 2.64. The van der Waals surface area contributed by atoms with Gasteiger partial charge in [0.1, 0.15) is 11.4 Å². The fourth-order valence-electron chi connectivity index (χ4n) is 3.89. The van der Waals surface area contributed by atoms with Crippen molar-refractivity contribution in [1.29, 1.82) is 0 Å². The Morgan fingerprint density at radius 1 is 0.562 bits per heavy atom. The normalized spacial score (nSPS) is 20.1. The van der Waals surface area contributed by atoms with Gasteiger partial charge >= 0.3 is 47.6 Å². The van der Waals surface area contributed by atoms with Crippen LogP contribution in [0.5, 0.6) is 0 Å². The molecule has 4 aliphatic rings. The van der Waals surface area contributed by atoms with Crippen molar-refractivity contribution in [1.82, 2.24) is 14.7 Å². The second-order valence-corrected chi connectivity index (χ2v) is 12.1. The molecular formula is C22H18F17N3O5S. The molecule has 0 aromatic heterocycles. The minimum absolute atomic E-state index is 0.00546. The highest BCUT2D eigenvalue weighted by Gasteiger charge is 2.95. The van der Waals surface area contributed by atoms with Crippen molar-refractivity contribution in [2.75, 3.05) is 45.0 Å². The van der Waals surface area contributed by atoms with Crippen LogP contribution in [0.4, 0.5) is 74.6 Å². The van der Waals surface area contributed by atoms with E-state index in [2.05, 4.69) is 0 Å². The maximum atomic E-state index is 13.3. The molecule has 0 aromatic carbocycles. The highest BCUT2D eigenvalue weighted by molar-refractivity contribution is 7.85. The molecule has 8 nitrogen and oxygen atoms in total. The number of nitrogens with zero attached hydrogens (tertiary/aromatic N) is 3. The molecule has 0 atom stereocenters. The van der Waals surface area contributed by atoms with Crippen molar-refractivity contribution in [3.8, 4) is 0 Å². The van der Waals surface area contributed by atoms with E-state index in [9.17, 15) is 92.6 Å². The van der Waals surface area contributed by atoms with Crippen molar-refractivity contribution >= 4 is 21.7 Å². The maximum absolute atomic E-state index is 13.3. The van der Waals surface area contributed by atoms with Crippen molar-refractivity contribution in [3.63, 3.8) is 0 Å². The molecule has 276 valence electrons. The number of hydrogen-bond donors (Lipinski definition) is 1. The quantitative estimate of drug-likeness (QED) is 0.135. The van der Waals surface area contributed by atoms with Crippen LogP contribution in [-0.2, 0) is 19.7 Å². The van der Waals surface area contributed by atoms with Gasteiger partial charge in [0.25, 0.3) is 10.1 Å². The number of rotatable bonds is 12. The molecule has 0 aromatic rings. The van der Waals surface area contributed by atoms with Crippen LogP contribution in [0.25, 0.3) is 0 Å². The molecule has 0 bridgehead atoms. The molecule has 0 unspecified atom stereocenters. The Hall–Kier alpha value is -3.06. The molecule has 0 radical (unpaired) electrons. The summed E-state index contributed by atoms with van der Waals surface area (Å²) in [5, 5.41) is 0. The van der Waals surface area contributed by atoms with E-state index < -0.39 is 69.9 Å². The van der Waals surface area contributed by atoms with Gasteiger partial charge in [-0.3, -0.25) is 14.1 Å². The number of alkyl halides is 17. The Morgan fingerprint density at radius 3 is 1.27 bits per heavy atom. The maximum Gasteiger partial charge on any atom is 0.460 e. The summed E-state index contributed by atoms with van der Waals surface area (Å²) in [6.45, 7) is 5.41. The van der Waals surface area contributed by atoms with Gasteiger partial charge in [-0.05, 0) is 0 Å². The molecule has 48 heavy (non-hydrogen) atoms. The SMILES string of the molecule is O=C1C=C(N2CC2)C(=O)C(N2CC2)=C1N1CC1.O=S(=O)(O)CCC(F)(F)C(F)(F)C(F)(F)C(F)(F)C(F)(F)C(F)(F)C(F)(F)C(F)(F)F. The first-order valence-corrected chi connectivity index (χ1v) is 14.3. The topological polar surface area (TPSA) is 97.5 Å². The second-order valence-electron chi connectivity index (χ2n) is 10.6. The summed E-state index contributed by atoms with van der Waals surface area (Å²) in [6.07, 6.45) is -9.55. The molecule has 1 N–H and O–H groups in total. The van der Waals surface area contributed by atoms with Gasteiger partial charge in [0.15, 0.2) is 0 Å². The van der Waals surface area contributed by atoms with E-state index in [1.54, 1.807) is 0 Å². The molecule has 0 saturated carbocycles. The lowest BCUT2D eigenvalue weighted by atomic mass is 9.88. The Kier molecular flexibility index (Phi) is 9.43. The third-order valence-electron chi connectivity index (χ3n) is 6.95. The molecule has 3 saturated heterocycles. The number of ketones is 2. The molecular weight excluding hydrogens is 741 g/mol. The van der Waals surface area contributed by atoms with Crippen molar-refractivity contribution in [2.45, 2.75) is 54.1 Å². The summed E-state index contributed by atoms with van der Waals surface area (Å²) in [5.41, 5.74) is 1.89. The smallest absolute Gasteiger partial charge is 0.365 e.